The number of halogens is 2. The van der Waals surface area contributed by atoms with Gasteiger partial charge in [-0.3, -0.25) is 4.79 Å². The maximum Gasteiger partial charge on any atom is 0.267 e. The molecule has 0 aromatic rings. The zero-order valence-corrected chi connectivity index (χ0v) is 6.31. The molecule has 1 amide bonds. The van der Waals surface area contributed by atoms with Crippen LogP contribution in [0.3, 0.4) is 0 Å². The summed E-state index contributed by atoms with van der Waals surface area (Å²) < 4.78 is 25.0. The topological polar surface area (TPSA) is 20.3 Å². The molecule has 1 aliphatic rings. The lowest BCUT2D eigenvalue weighted by molar-refractivity contribution is -0.127. The van der Waals surface area contributed by atoms with E-state index in [4.69, 9.17) is 0 Å². The van der Waals surface area contributed by atoms with Crippen molar-refractivity contribution in [3.63, 3.8) is 0 Å². The zero-order chi connectivity index (χ0) is 8.48. The Morgan fingerprint density at radius 3 is 2.64 bits per heavy atom. The zero-order valence-electron chi connectivity index (χ0n) is 6.31. The molecule has 0 aromatic heterocycles. The highest BCUT2D eigenvalue weighted by atomic mass is 19.3. The molecule has 1 radical (unpaired) electrons. The largest absolute Gasteiger partial charge is 0.336 e. The molecule has 0 N–H and O–H groups in total. The lowest BCUT2D eigenvalue weighted by Crippen LogP contribution is -2.30. The number of amides is 1. The van der Waals surface area contributed by atoms with E-state index in [1.54, 1.807) is 6.92 Å². The fourth-order valence-electron chi connectivity index (χ4n) is 1.11. The van der Waals surface area contributed by atoms with E-state index < -0.39 is 12.5 Å². The smallest absolute Gasteiger partial charge is 0.267 e. The maximum atomic E-state index is 12.5. The van der Waals surface area contributed by atoms with Crippen molar-refractivity contribution >= 4 is 5.91 Å². The highest BCUT2D eigenvalue weighted by molar-refractivity contribution is 5.84. The average Bonchev–Trinajstić information content (AvgIpc) is 2.29. The van der Waals surface area contributed by atoms with Crippen molar-refractivity contribution in [1.82, 2.24) is 4.90 Å². The molecular formula is C7H10F2NO. The summed E-state index contributed by atoms with van der Waals surface area (Å²) >= 11 is 0. The van der Waals surface area contributed by atoms with Crippen LogP contribution in [0, 0.1) is 6.42 Å². The quantitative estimate of drug-likeness (QED) is 0.565. The highest BCUT2D eigenvalue weighted by Gasteiger charge is 2.39. The van der Waals surface area contributed by atoms with Gasteiger partial charge in [0.25, 0.3) is 5.92 Å². The molecule has 1 rings (SSSR count). The molecule has 0 aromatic carbocycles. The van der Waals surface area contributed by atoms with Crippen LogP contribution in [0.2, 0.25) is 0 Å². The summed E-state index contributed by atoms with van der Waals surface area (Å²) in [6, 6.07) is 0. The van der Waals surface area contributed by atoms with Crippen molar-refractivity contribution in [2.24, 2.45) is 0 Å². The average molecular weight is 162 g/mol. The van der Waals surface area contributed by atoms with Gasteiger partial charge in [0.05, 0.1) is 6.54 Å². The summed E-state index contributed by atoms with van der Waals surface area (Å²) in [6.07, 6.45) is 1.11. The molecule has 63 valence electrons. The van der Waals surface area contributed by atoms with E-state index >= 15 is 0 Å². The molecule has 0 spiro atoms. The molecule has 1 aliphatic heterocycles. The number of hydrogen-bond donors (Lipinski definition) is 0. The fourth-order valence-corrected chi connectivity index (χ4v) is 1.11. The lowest BCUT2D eigenvalue weighted by Gasteiger charge is -2.13. The van der Waals surface area contributed by atoms with Crippen LogP contribution in [0.15, 0.2) is 0 Å². The van der Waals surface area contributed by atoms with E-state index in [1.165, 1.54) is 11.3 Å². The second-order valence-corrected chi connectivity index (χ2v) is 2.65. The standard InChI is InChI=1S/C7H10F2NO/c1-2-6(11)10-4-3-7(8,9)5-10/h2H,3-5H2,1H3. The van der Waals surface area contributed by atoms with Crippen molar-refractivity contribution in [2.45, 2.75) is 19.3 Å². The number of carbonyl (C=O) groups is 1. The third-order valence-electron chi connectivity index (χ3n) is 1.73. The Bertz CT molecular complexity index is 170. The van der Waals surface area contributed by atoms with Gasteiger partial charge in [0, 0.05) is 19.4 Å². The number of rotatable bonds is 1. The first kappa shape index (κ1) is 8.43. The van der Waals surface area contributed by atoms with Crippen LogP contribution in [0.5, 0.6) is 0 Å². The summed E-state index contributed by atoms with van der Waals surface area (Å²) in [6.45, 7) is 1.31. The summed E-state index contributed by atoms with van der Waals surface area (Å²) in [5, 5.41) is 0. The lowest BCUT2D eigenvalue weighted by atomic mass is 10.3. The summed E-state index contributed by atoms with van der Waals surface area (Å²) in [4.78, 5) is 12.0. The Hall–Kier alpha value is -0.670. The minimum absolute atomic E-state index is 0.177. The molecule has 0 saturated carbocycles. The molecule has 1 fully saturated rings. The van der Waals surface area contributed by atoms with Crippen LogP contribution >= 0.6 is 0 Å². The summed E-state index contributed by atoms with van der Waals surface area (Å²) in [7, 11) is 0. The minimum atomic E-state index is -2.67. The van der Waals surface area contributed by atoms with E-state index in [-0.39, 0.29) is 18.9 Å². The van der Waals surface area contributed by atoms with E-state index in [2.05, 4.69) is 0 Å². The van der Waals surface area contributed by atoms with Crippen LogP contribution in [0.25, 0.3) is 0 Å². The molecule has 0 atom stereocenters. The third-order valence-corrected chi connectivity index (χ3v) is 1.73. The Kier molecular flexibility index (Phi) is 2.11. The molecule has 1 saturated heterocycles. The van der Waals surface area contributed by atoms with Gasteiger partial charge in [-0.1, -0.05) is 6.92 Å². The van der Waals surface area contributed by atoms with Gasteiger partial charge in [-0.25, -0.2) is 8.78 Å². The first-order valence-corrected chi connectivity index (χ1v) is 3.51. The van der Waals surface area contributed by atoms with Crippen LogP contribution < -0.4 is 0 Å². The van der Waals surface area contributed by atoms with Crippen molar-refractivity contribution in [2.75, 3.05) is 13.1 Å². The van der Waals surface area contributed by atoms with Gasteiger partial charge in [0.2, 0.25) is 5.91 Å². The third kappa shape index (κ3) is 1.88. The van der Waals surface area contributed by atoms with Gasteiger partial charge in [-0.2, -0.15) is 0 Å². The van der Waals surface area contributed by atoms with Gasteiger partial charge < -0.3 is 4.90 Å². The van der Waals surface area contributed by atoms with Gasteiger partial charge in [-0.05, 0) is 0 Å². The first-order chi connectivity index (χ1) is 5.05. The van der Waals surface area contributed by atoms with Crippen molar-refractivity contribution in [3.05, 3.63) is 6.42 Å². The fraction of sp³-hybridized carbons (Fsp3) is 0.714. The second kappa shape index (κ2) is 2.75. The van der Waals surface area contributed by atoms with E-state index in [0.717, 1.165) is 0 Å². The van der Waals surface area contributed by atoms with Crippen LogP contribution in [0.4, 0.5) is 8.78 Å². The van der Waals surface area contributed by atoms with Gasteiger partial charge in [0.15, 0.2) is 0 Å². The molecule has 4 heteroatoms. The normalized spacial score (nSPS) is 22.3. The molecule has 0 bridgehead atoms. The van der Waals surface area contributed by atoms with E-state index in [1.807, 2.05) is 0 Å². The number of carbonyl (C=O) groups excluding carboxylic acids is 1. The minimum Gasteiger partial charge on any atom is -0.336 e. The maximum absolute atomic E-state index is 12.5. The number of hydrogen-bond acceptors (Lipinski definition) is 1. The Labute approximate surface area is 64.2 Å². The molecule has 11 heavy (non-hydrogen) atoms. The van der Waals surface area contributed by atoms with Crippen molar-refractivity contribution < 1.29 is 13.6 Å². The van der Waals surface area contributed by atoms with E-state index in [0.29, 0.717) is 0 Å². The Morgan fingerprint density at radius 1 is 1.64 bits per heavy atom. The SMILES string of the molecule is C[CH]C(=O)N1CCC(F)(F)C1. The summed E-state index contributed by atoms with van der Waals surface area (Å²) in [5.74, 6) is -2.97. The van der Waals surface area contributed by atoms with Gasteiger partial charge in [-0.15, -0.1) is 0 Å². The van der Waals surface area contributed by atoms with Crippen molar-refractivity contribution in [3.8, 4) is 0 Å². The van der Waals surface area contributed by atoms with E-state index in [9.17, 15) is 13.6 Å². The molecule has 0 aliphatic carbocycles. The number of alkyl halides is 2. The number of nitrogens with zero attached hydrogens (tertiary/aromatic N) is 1. The number of likely N-dealkylation sites (tertiary alicyclic amines) is 1. The van der Waals surface area contributed by atoms with Crippen LogP contribution in [-0.4, -0.2) is 29.8 Å². The summed E-state index contributed by atoms with van der Waals surface area (Å²) in [5.41, 5.74) is 0. The van der Waals surface area contributed by atoms with Gasteiger partial charge in [0.1, 0.15) is 0 Å². The monoisotopic (exact) mass is 162 g/mol. The van der Waals surface area contributed by atoms with Crippen molar-refractivity contribution in [1.29, 1.82) is 0 Å². The second-order valence-electron chi connectivity index (χ2n) is 2.65. The Morgan fingerprint density at radius 2 is 2.27 bits per heavy atom. The van der Waals surface area contributed by atoms with Crippen LogP contribution in [-0.2, 0) is 4.79 Å². The molecular weight excluding hydrogens is 152 g/mol. The molecule has 2 nitrogen and oxygen atoms in total. The first-order valence-electron chi connectivity index (χ1n) is 3.51. The van der Waals surface area contributed by atoms with Crippen LogP contribution in [0.1, 0.15) is 13.3 Å². The predicted molar refractivity (Wildman–Crippen MR) is 36.1 cm³/mol. The molecule has 1 heterocycles. The molecule has 0 unspecified atom stereocenters. The van der Waals surface area contributed by atoms with Gasteiger partial charge >= 0.3 is 0 Å². The highest BCUT2D eigenvalue weighted by Crippen LogP contribution is 2.26. The Balaban J connectivity index is 2.48. The predicted octanol–water partition coefficient (Wildman–Crippen LogP) is 1.08.